The second-order valence-electron chi connectivity index (χ2n) is 6.83. The number of carbonyl (C=O) groups excluding carboxylic acids is 1. The van der Waals surface area contributed by atoms with E-state index in [-0.39, 0.29) is 11.3 Å². The summed E-state index contributed by atoms with van der Waals surface area (Å²) in [6.45, 7) is 14.5. The summed E-state index contributed by atoms with van der Waals surface area (Å²) < 4.78 is 0. The molecule has 1 aromatic rings. The average molecular weight is 262 g/mol. The smallest absolute Gasteiger partial charge is 0.243 e. The maximum atomic E-state index is 12.0. The number of carbonyl (C=O) groups is 1. The van der Waals surface area contributed by atoms with Gasteiger partial charge in [0.05, 0.1) is 5.41 Å². The zero-order valence-corrected chi connectivity index (χ0v) is 13.1. The van der Waals surface area contributed by atoms with Gasteiger partial charge in [0.2, 0.25) is 5.91 Å². The van der Waals surface area contributed by atoms with Crippen LogP contribution < -0.4 is 11.3 Å². The van der Waals surface area contributed by atoms with Crippen molar-refractivity contribution in [3.63, 3.8) is 0 Å². The van der Waals surface area contributed by atoms with E-state index < -0.39 is 5.41 Å². The van der Waals surface area contributed by atoms with Crippen molar-refractivity contribution in [1.82, 2.24) is 5.43 Å². The summed E-state index contributed by atoms with van der Waals surface area (Å²) in [6.07, 6.45) is 0. The Bertz CT molecular complexity index is 473. The summed E-state index contributed by atoms with van der Waals surface area (Å²) in [6, 6.07) is 4.35. The molecule has 0 saturated heterocycles. The third-order valence-corrected chi connectivity index (χ3v) is 3.72. The molecule has 3 heteroatoms. The van der Waals surface area contributed by atoms with E-state index in [9.17, 15) is 4.79 Å². The lowest BCUT2D eigenvalue weighted by molar-refractivity contribution is -0.125. The zero-order valence-electron chi connectivity index (χ0n) is 13.1. The Morgan fingerprint density at radius 2 is 1.47 bits per heavy atom. The number of hydrazine groups is 1. The molecule has 3 nitrogen and oxygen atoms in total. The van der Waals surface area contributed by atoms with Gasteiger partial charge >= 0.3 is 0 Å². The van der Waals surface area contributed by atoms with Crippen LogP contribution in [-0.4, -0.2) is 5.91 Å². The molecule has 0 bridgehead atoms. The highest BCUT2D eigenvalue weighted by Gasteiger charge is 2.32. The Balaban J connectivity index is 3.45. The number of nitrogens with two attached hydrogens (primary N) is 1. The van der Waals surface area contributed by atoms with Crippen molar-refractivity contribution in [1.29, 1.82) is 0 Å². The molecule has 1 rings (SSSR count). The summed E-state index contributed by atoms with van der Waals surface area (Å²) in [5.41, 5.74) is 6.36. The van der Waals surface area contributed by atoms with Gasteiger partial charge in [-0.15, -0.1) is 0 Å². The highest BCUT2D eigenvalue weighted by Crippen LogP contribution is 2.33. The average Bonchev–Trinajstić information content (AvgIpc) is 2.25. The van der Waals surface area contributed by atoms with E-state index in [1.54, 1.807) is 0 Å². The summed E-state index contributed by atoms with van der Waals surface area (Å²) in [5, 5.41) is 0. The van der Waals surface area contributed by atoms with Gasteiger partial charge in [-0.2, -0.15) is 0 Å². The molecule has 0 aliphatic carbocycles. The fraction of sp³-hybridized carbons (Fsp3) is 0.562. The standard InChI is InChI=1S/C16H26N2O/c1-10-8-12(15(3,4)5)9-11(2)13(10)16(6,7)14(19)18-17/h8-9H,17H2,1-7H3,(H,18,19). The molecular formula is C16H26N2O. The lowest BCUT2D eigenvalue weighted by Gasteiger charge is -2.29. The van der Waals surface area contributed by atoms with Gasteiger partial charge in [0.15, 0.2) is 0 Å². The topological polar surface area (TPSA) is 55.1 Å². The van der Waals surface area contributed by atoms with Gasteiger partial charge in [-0.25, -0.2) is 5.84 Å². The Kier molecular flexibility index (Phi) is 4.11. The molecule has 0 spiro atoms. The molecule has 0 saturated carbocycles. The largest absolute Gasteiger partial charge is 0.294 e. The minimum Gasteiger partial charge on any atom is -0.294 e. The van der Waals surface area contributed by atoms with Crippen LogP contribution in [0.25, 0.3) is 0 Å². The van der Waals surface area contributed by atoms with E-state index in [0.29, 0.717) is 0 Å². The van der Waals surface area contributed by atoms with E-state index in [2.05, 4.69) is 52.2 Å². The van der Waals surface area contributed by atoms with E-state index in [1.165, 1.54) is 5.56 Å². The van der Waals surface area contributed by atoms with E-state index in [1.807, 2.05) is 13.8 Å². The molecule has 0 aliphatic heterocycles. The quantitative estimate of drug-likeness (QED) is 0.489. The number of nitrogens with one attached hydrogen (secondary N) is 1. The maximum absolute atomic E-state index is 12.0. The summed E-state index contributed by atoms with van der Waals surface area (Å²) in [4.78, 5) is 12.0. The molecule has 19 heavy (non-hydrogen) atoms. The van der Waals surface area contributed by atoms with Gasteiger partial charge in [0.1, 0.15) is 0 Å². The Hall–Kier alpha value is -1.35. The van der Waals surface area contributed by atoms with Crippen molar-refractivity contribution in [3.05, 3.63) is 34.4 Å². The van der Waals surface area contributed by atoms with Crippen molar-refractivity contribution in [2.75, 3.05) is 0 Å². The summed E-state index contributed by atoms with van der Waals surface area (Å²) in [7, 11) is 0. The van der Waals surface area contributed by atoms with Crippen molar-refractivity contribution in [2.45, 2.75) is 59.3 Å². The molecule has 1 aromatic carbocycles. The van der Waals surface area contributed by atoms with E-state index in [0.717, 1.165) is 16.7 Å². The van der Waals surface area contributed by atoms with Crippen LogP contribution in [-0.2, 0) is 15.6 Å². The molecule has 106 valence electrons. The molecule has 0 fully saturated rings. The van der Waals surface area contributed by atoms with Crippen LogP contribution in [0.5, 0.6) is 0 Å². The first-order valence-corrected chi connectivity index (χ1v) is 6.65. The minimum atomic E-state index is -0.626. The fourth-order valence-electron chi connectivity index (χ4n) is 2.68. The molecule has 0 unspecified atom stereocenters. The number of aryl methyl sites for hydroxylation is 2. The van der Waals surface area contributed by atoms with Crippen LogP contribution >= 0.6 is 0 Å². The molecular weight excluding hydrogens is 236 g/mol. The molecule has 0 atom stereocenters. The number of hydrogen-bond acceptors (Lipinski definition) is 2. The number of hydrogen-bond donors (Lipinski definition) is 2. The summed E-state index contributed by atoms with van der Waals surface area (Å²) >= 11 is 0. The molecule has 0 heterocycles. The van der Waals surface area contributed by atoms with Crippen LogP contribution in [0.15, 0.2) is 12.1 Å². The number of amides is 1. The molecule has 0 aliphatic rings. The maximum Gasteiger partial charge on any atom is 0.243 e. The Morgan fingerprint density at radius 1 is 1.05 bits per heavy atom. The second-order valence-corrected chi connectivity index (χ2v) is 6.83. The first-order valence-electron chi connectivity index (χ1n) is 6.65. The van der Waals surface area contributed by atoms with Gasteiger partial charge in [-0.1, -0.05) is 32.9 Å². The minimum absolute atomic E-state index is 0.105. The lowest BCUT2D eigenvalue weighted by atomic mass is 9.75. The monoisotopic (exact) mass is 262 g/mol. The first kappa shape index (κ1) is 15.7. The van der Waals surface area contributed by atoms with Crippen molar-refractivity contribution < 1.29 is 4.79 Å². The van der Waals surface area contributed by atoms with Gasteiger partial charge in [-0.05, 0) is 55.4 Å². The van der Waals surface area contributed by atoms with Crippen molar-refractivity contribution in [2.24, 2.45) is 5.84 Å². The SMILES string of the molecule is Cc1cc(C(C)(C)C)cc(C)c1C(C)(C)C(=O)NN. The van der Waals surface area contributed by atoms with Crippen molar-refractivity contribution >= 4 is 5.91 Å². The predicted octanol–water partition coefficient (Wildman–Crippen LogP) is 2.87. The molecule has 1 amide bonds. The van der Waals surface area contributed by atoms with Crippen LogP contribution in [0, 0.1) is 13.8 Å². The molecule has 3 N–H and O–H groups in total. The lowest BCUT2D eigenvalue weighted by Crippen LogP contribution is -2.44. The predicted molar refractivity (Wildman–Crippen MR) is 80.0 cm³/mol. The Morgan fingerprint density at radius 3 is 1.79 bits per heavy atom. The van der Waals surface area contributed by atoms with Crippen LogP contribution in [0.4, 0.5) is 0 Å². The van der Waals surface area contributed by atoms with Gasteiger partial charge in [0, 0.05) is 0 Å². The molecule has 0 radical (unpaired) electrons. The van der Waals surface area contributed by atoms with Crippen molar-refractivity contribution in [3.8, 4) is 0 Å². The van der Waals surface area contributed by atoms with Crippen LogP contribution in [0.3, 0.4) is 0 Å². The van der Waals surface area contributed by atoms with Crippen LogP contribution in [0.1, 0.15) is 56.9 Å². The highest BCUT2D eigenvalue weighted by molar-refractivity contribution is 5.87. The Labute approximate surface area is 116 Å². The number of benzene rings is 1. The fourth-order valence-corrected chi connectivity index (χ4v) is 2.68. The third kappa shape index (κ3) is 2.98. The first-order chi connectivity index (χ1) is 8.51. The highest BCUT2D eigenvalue weighted by atomic mass is 16.2. The van der Waals surface area contributed by atoms with E-state index >= 15 is 0 Å². The van der Waals surface area contributed by atoms with Gasteiger partial charge in [-0.3, -0.25) is 10.2 Å². The second kappa shape index (κ2) is 4.97. The number of rotatable bonds is 2. The third-order valence-electron chi connectivity index (χ3n) is 3.72. The van der Waals surface area contributed by atoms with E-state index in [4.69, 9.17) is 5.84 Å². The normalized spacial score (nSPS) is 12.4. The van der Waals surface area contributed by atoms with Gasteiger partial charge in [0.25, 0.3) is 0 Å². The summed E-state index contributed by atoms with van der Waals surface area (Å²) in [5.74, 6) is 5.13. The molecule has 0 aromatic heterocycles. The van der Waals surface area contributed by atoms with Gasteiger partial charge < -0.3 is 0 Å². The zero-order chi connectivity index (χ0) is 15.0. The van der Waals surface area contributed by atoms with Crippen LogP contribution in [0.2, 0.25) is 0 Å².